The molecule has 0 aliphatic heterocycles. The van der Waals surface area contributed by atoms with Crippen molar-refractivity contribution < 1.29 is 27.6 Å². The van der Waals surface area contributed by atoms with Gasteiger partial charge in [0.2, 0.25) is 0 Å². The van der Waals surface area contributed by atoms with Crippen LogP contribution in [0.1, 0.15) is 32.7 Å². The number of anilines is 1. The van der Waals surface area contributed by atoms with Crippen LogP contribution in [0.3, 0.4) is 0 Å². The average Bonchev–Trinajstić information content (AvgIpc) is 3.20. The summed E-state index contributed by atoms with van der Waals surface area (Å²) in [4.78, 5) is 23.0. The second-order valence-electron chi connectivity index (χ2n) is 8.22. The number of carbonyl (C=O) groups excluding carboxylic acids is 1. The van der Waals surface area contributed by atoms with Crippen LogP contribution in [0.4, 0.5) is 24.7 Å². The van der Waals surface area contributed by atoms with E-state index in [2.05, 4.69) is 10.4 Å². The van der Waals surface area contributed by atoms with E-state index in [1.165, 1.54) is 35.0 Å². The van der Waals surface area contributed by atoms with Crippen molar-refractivity contribution in [3.05, 3.63) is 117 Å². The van der Waals surface area contributed by atoms with Crippen molar-refractivity contribution in [2.75, 3.05) is 5.32 Å². The zero-order valence-corrected chi connectivity index (χ0v) is 19.5. The van der Waals surface area contributed by atoms with Gasteiger partial charge in [-0.3, -0.25) is 19.6 Å². The van der Waals surface area contributed by atoms with Crippen molar-refractivity contribution in [1.82, 2.24) is 9.78 Å². The van der Waals surface area contributed by atoms with Crippen LogP contribution in [0.5, 0.6) is 5.75 Å². The number of nitro benzene ring substituents is 1. The van der Waals surface area contributed by atoms with Gasteiger partial charge in [0.05, 0.1) is 17.0 Å². The third-order valence-corrected chi connectivity index (χ3v) is 5.45. The van der Waals surface area contributed by atoms with E-state index in [0.29, 0.717) is 28.1 Å². The quantitative estimate of drug-likeness (QED) is 0.232. The highest BCUT2D eigenvalue weighted by Gasteiger charge is 2.30. The molecular weight excluding hydrogens is 489 g/mol. The molecule has 1 amide bonds. The minimum Gasteiger partial charge on any atom is -0.489 e. The number of ether oxygens (including phenoxy) is 1. The van der Waals surface area contributed by atoms with E-state index in [-0.39, 0.29) is 24.7 Å². The Morgan fingerprint density at radius 1 is 1.03 bits per heavy atom. The van der Waals surface area contributed by atoms with E-state index < -0.39 is 22.6 Å². The van der Waals surface area contributed by atoms with Crippen LogP contribution in [0.15, 0.2) is 78.9 Å². The lowest BCUT2D eigenvalue weighted by molar-refractivity contribution is -0.384. The van der Waals surface area contributed by atoms with E-state index in [9.17, 15) is 28.1 Å². The summed E-state index contributed by atoms with van der Waals surface area (Å²) in [6.45, 7) is 2.00. The Bertz CT molecular complexity index is 1430. The second-order valence-corrected chi connectivity index (χ2v) is 8.22. The average molecular weight is 510 g/mol. The van der Waals surface area contributed by atoms with Crippen molar-refractivity contribution >= 4 is 17.4 Å². The third-order valence-electron chi connectivity index (χ3n) is 5.45. The number of halogens is 3. The molecule has 1 aromatic heterocycles. The Hall–Kier alpha value is -4.67. The molecule has 0 aliphatic carbocycles. The molecule has 4 aromatic rings. The molecule has 190 valence electrons. The van der Waals surface area contributed by atoms with E-state index >= 15 is 0 Å². The van der Waals surface area contributed by atoms with Gasteiger partial charge in [-0.1, -0.05) is 24.3 Å². The first-order valence-electron chi connectivity index (χ1n) is 11.1. The van der Waals surface area contributed by atoms with E-state index in [1.54, 1.807) is 43.3 Å². The fourth-order valence-corrected chi connectivity index (χ4v) is 3.57. The molecule has 0 bridgehead atoms. The first kappa shape index (κ1) is 25.4. The summed E-state index contributed by atoms with van der Waals surface area (Å²) in [5.74, 6) is 0.296. The van der Waals surface area contributed by atoms with Crippen LogP contribution in [-0.2, 0) is 19.3 Å². The SMILES string of the molecule is Cc1cc(NC(=O)c2cccc(COc3ccc([N+](=O)[O-])cc3)c2)nn1Cc1cccc(C(F)(F)F)c1. The summed E-state index contributed by atoms with van der Waals surface area (Å²) in [5.41, 5.74) is 1.38. The number of rotatable bonds is 8. The fraction of sp³-hybridized carbons (Fsp3) is 0.154. The van der Waals surface area contributed by atoms with Gasteiger partial charge in [0.1, 0.15) is 12.4 Å². The number of nitro groups is 1. The molecule has 11 heteroatoms. The van der Waals surface area contributed by atoms with Crippen molar-refractivity contribution in [2.45, 2.75) is 26.3 Å². The normalized spacial score (nSPS) is 11.2. The molecule has 3 aromatic carbocycles. The molecular formula is C26H21F3N4O4. The van der Waals surface area contributed by atoms with Gasteiger partial charge in [-0.05, 0) is 54.4 Å². The number of aryl methyl sites for hydroxylation is 1. The number of nitrogens with one attached hydrogen (secondary N) is 1. The van der Waals surface area contributed by atoms with Crippen LogP contribution < -0.4 is 10.1 Å². The van der Waals surface area contributed by atoms with Crippen LogP contribution >= 0.6 is 0 Å². The molecule has 0 saturated heterocycles. The van der Waals surface area contributed by atoms with Crippen molar-refractivity contribution in [2.24, 2.45) is 0 Å². The fourth-order valence-electron chi connectivity index (χ4n) is 3.57. The van der Waals surface area contributed by atoms with Crippen molar-refractivity contribution in [3.8, 4) is 5.75 Å². The Balaban J connectivity index is 1.39. The monoisotopic (exact) mass is 510 g/mol. The zero-order chi connectivity index (χ0) is 26.6. The second kappa shape index (κ2) is 10.5. The maximum absolute atomic E-state index is 13.0. The molecule has 37 heavy (non-hydrogen) atoms. The largest absolute Gasteiger partial charge is 0.489 e. The van der Waals surface area contributed by atoms with Gasteiger partial charge in [0.25, 0.3) is 11.6 Å². The highest BCUT2D eigenvalue weighted by Crippen LogP contribution is 2.29. The highest BCUT2D eigenvalue weighted by atomic mass is 19.4. The van der Waals surface area contributed by atoms with Gasteiger partial charge in [-0.2, -0.15) is 18.3 Å². The Morgan fingerprint density at radius 2 is 1.73 bits per heavy atom. The first-order chi connectivity index (χ1) is 17.6. The number of non-ortho nitro benzene ring substituents is 1. The Morgan fingerprint density at radius 3 is 2.43 bits per heavy atom. The molecule has 4 rings (SSSR count). The van der Waals surface area contributed by atoms with E-state index in [4.69, 9.17) is 4.74 Å². The molecule has 0 spiro atoms. The molecule has 0 fully saturated rings. The van der Waals surface area contributed by atoms with Crippen LogP contribution in [-0.4, -0.2) is 20.6 Å². The molecule has 1 heterocycles. The molecule has 1 N–H and O–H groups in total. The summed E-state index contributed by atoms with van der Waals surface area (Å²) in [5, 5.41) is 17.8. The highest BCUT2D eigenvalue weighted by molar-refractivity contribution is 6.03. The lowest BCUT2D eigenvalue weighted by Crippen LogP contribution is -2.13. The number of aromatic nitrogens is 2. The van der Waals surface area contributed by atoms with Crippen LogP contribution in [0.25, 0.3) is 0 Å². The van der Waals surface area contributed by atoms with Gasteiger partial charge in [0.15, 0.2) is 5.82 Å². The Kier molecular flexibility index (Phi) is 7.23. The number of carbonyl (C=O) groups is 1. The third kappa shape index (κ3) is 6.51. The lowest BCUT2D eigenvalue weighted by atomic mass is 10.1. The lowest BCUT2D eigenvalue weighted by Gasteiger charge is -2.10. The van der Waals surface area contributed by atoms with E-state index in [1.807, 2.05) is 0 Å². The summed E-state index contributed by atoms with van der Waals surface area (Å²) in [6, 6.07) is 19.0. The summed E-state index contributed by atoms with van der Waals surface area (Å²) in [6.07, 6.45) is -4.43. The van der Waals surface area contributed by atoms with Crippen LogP contribution in [0.2, 0.25) is 0 Å². The molecule has 8 nitrogen and oxygen atoms in total. The smallest absolute Gasteiger partial charge is 0.416 e. The minimum absolute atomic E-state index is 0.0430. The standard InChI is InChI=1S/C26H21F3N4O4/c1-17-12-24(31-32(17)15-18-4-3-7-21(14-18)26(27,28)29)30-25(34)20-6-2-5-19(13-20)16-37-23-10-8-22(9-11-23)33(35)36/h2-14H,15-16H2,1H3,(H,30,31,34). The van der Waals surface area contributed by atoms with Gasteiger partial charge in [0, 0.05) is 29.5 Å². The predicted octanol–water partition coefficient (Wildman–Crippen LogP) is 6.00. The Labute approximate surface area is 209 Å². The summed E-state index contributed by atoms with van der Waals surface area (Å²) >= 11 is 0. The number of alkyl halides is 3. The van der Waals surface area contributed by atoms with Gasteiger partial charge in [-0.25, -0.2) is 0 Å². The molecule has 0 unspecified atom stereocenters. The van der Waals surface area contributed by atoms with Crippen molar-refractivity contribution in [1.29, 1.82) is 0 Å². The summed E-state index contributed by atoms with van der Waals surface area (Å²) < 4.78 is 46.2. The maximum atomic E-state index is 13.0. The molecule has 0 radical (unpaired) electrons. The first-order valence-corrected chi connectivity index (χ1v) is 11.1. The van der Waals surface area contributed by atoms with Crippen molar-refractivity contribution in [3.63, 3.8) is 0 Å². The maximum Gasteiger partial charge on any atom is 0.416 e. The number of hydrogen-bond donors (Lipinski definition) is 1. The number of hydrogen-bond acceptors (Lipinski definition) is 5. The minimum atomic E-state index is -4.43. The van der Waals surface area contributed by atoms with E-state index in [0.717, 1.165) is 12.1 Å². The predicted molar refractivity (Wildman–Crippen MR) is 129 cm³/mol. The topological polar surface area (TPSA) is 99.3 Å². The number of benzene rings is 3. The van der Waals surface area contributed by atoms with Crippen LogP contribution in [0, 0.1) is 17.0 Å². The van der Waals surface area contributed by atoms with Gasteiger partial charge >= 0.3 is 6.18 Å². The van der Waals surface area contributed by atoms with Gasteiger partial charge < -0.3 is 10.1 Å². The molecule has 0 aliphatic rings. The number of nitrogens with zero attached hydrogens (tertiary/aromatic N) is 3. The van der Waals surface area contributed by atoms with Gasteiger partial charge in [-0.15, -0.1) is 0 Å². The molecule has 0 atom stereocenters. The number of amides is 1. The molecule has 0 saturated carbocycles. The summed E-state index contributed by atoms with van der Waals surface area (Å²) in [7, 11) is 0. The zero-order valence-electron chi connectivity index (χ0n) is 19.5.